The number of aromatic nitrogens is 2. The Balaban J connectivity index is 0.000000850. The number of aliphatic carboxylic acids is 1. The fourth-order valence-corrected chi connectivity index (χ4v) is 4.49. The van der Waals surface area contributed by atoms with Gasteiger partial charge in [0.2, 0.25) is 0 Å². The Kier molecular flexibility index (Phi) is 10.4. The molecule has 2 aromatic heterocycles. The molecule has 1 aromatic carbocycles. The number of carboxylic acids is 1. The summed E-state index contributed by atoms with van der Waals surface area (Å²) in [5.41, 5.74) is 3.60. The Morgan fingerprint density at radius 1 is 1.07 bits per heavy atom. The number of piperidine rings is 1. The molecule has 0 radical (unpaired) electrons. The molecule has 0 saturated carbocycles. The lowest BCUT2D eigenvalue weighted by Crippen LogP contribution is -2.38. The summed E-state index contributed by atoms with van der Waals surface area (Å²) in [7, 11) is 0. The highest BCUT2D eigenvalue weighted by Crippen LogP contribution is 2.39. The van der Waals surface area contributed by atoms with Crippen molar-refractivity contribution in [1.82, 2.24) is 9.97 Å². The molecule has 0 bridgehead atoms. The van der Waals surface area contributed by atoms with Gasteiger partial charge in [0.25, 0.3) is 5.95 Å². The van der Waals surface area contributed by atoms with E-state index in [1.54, 1.807) is 52.1 Å². The summed E-state index contributed by atoms with van der Waals surface area (Å²) in [5.74, 6) is -1.99. The highest BCUT2D eigenvalue weighted by molar-refractivity contribution is 5.83. The normalized spacial score (nSPS) is 14.7. The number of nitrogens with zero attached hydrogens (tertiary/aromatic N) is 3. The maximum Gasteiger partial charge on any atom is 0.307 e. The van der Waals surface area contributed by atoms with Crippen LogP contribution in [0.15, 0.2) is 42.6 Å². The number of benzene rings is 1. The van der Waals surface area contributed by atoms with E-state index in [1.807, 2.05) is 0 Å². The molecule has 0 unspecified atom stereocenters. The summed E-state index contributed by atoms with van der Waals surface area (Å²) in [6.07, 6.45) is 3.89. The van der Waals surface area contributed by atoms with Crippen molar-refractivity contribution in [1.29, 1.82) is 0 Å². The van der Waals surface area contributed by atoms with Gasteiger partial charge < -0.3 is 19.8 Å². The third-order valence-electron chi connectivity index (χ3n) is 6.78. The second-order valence-electron chi connectivity index (χ2n) is 12.2. The van der Waals surface area contributed by atoms with Crippen molar-refractivity contribution in [3.05, 3.63) is 71.2 Å². The van der Waals surface area contributed by atoms with Crippen LogP contribution in [0.5, 0.6) is 5.75 Å². The van der Waals surface area contributed by atoms with E-state index >= 15 is 0 Å². The van der Waals surface area contributed by atoms with Crippen molar-refractivity contribution in [2.75, 3.05) is 24.6 Å². The topological polar surface area (TPSA) is 95.8 Å². The van der Waals surface area contributed by atoms with Crippen LogP contribution in [0, 0.1) is 24.1 Å². The Bertz CT molecular complexity index is 1320. The third-order valence-corrected chi connectivity index (χ3v) is 6.78. The number of carboxylic acid groups (broad SMARTS) is 1. The first-order valence-electron chi connectivity index (χ1n) is 13.8. The summed E-state index contributed by atoms with van der Waals surface area (Å²) in [4.78, 5) is 22.4. The van der Waals surface area contributed by atoms with E-state index in [0.717, 1.165) is 37.2 Å². The fourth-order valence-electron chi connectivity index (χ4n) is 4.49. The molecule has 1 aliphatic heterocycles. The molecule has 9 heteroatoms. The van der Waals surface area contributed by atoms with Crippen LogP contribution in [0.1, 0.15) is 64.3 Å². The van der Waals surface area contributed by atoms with Crippen molar-refractivity contribution < 1.29 is 28.5 Å². The summed E-state index contributed by atoms with van der Waals surface area (Å²) >= 11 is 0. The monoisotopic (exact) mass is 569 g/mol. The van der Waals surface area contributed by atoms with Crippen LogP contribution in [-0.4, -0.2) is 51.4 Å². The van der Waals surface area contributed by atoms with E-state index in [9.17, 15) is 18.7 Å². The van der Waals surface area contributed by atoms with Gasteiger partial charge in [0.1, 0.15) is 5.82 Å². The number of halogens is 2. The molecule has 0 amide bonds. The lowest BCUT2D eigenvalue weighted by molar-refractivity contribution is -0.136. The largest absolute Gasteiger partial charge is 0.488 e. The minimum absolute atomic E-state index is 0.0213. The van der Waals surface area contributed by atoms with Crippen molar-refractivity contribution in [2.45, 2.75) is 72.8 Å². The molecule has 3 heterocycles. The zero-order valence-corrected chi connectivity index (χ0v) is 24.8. The molecule has 3 aromatic rings. The molecular formula is C32H41F2N3O4. The van der Waals surface area contributed by atoms with Crippen LogP contribution in [0.2, 0.25) is 0 Å². The van der Waals surface area contributed by atoms with E-state index in [4.69, 9.17) is 9.84 Å². The average molecular weight is 570 g/mol. The molecule has 0 aliphatic carbocycles. The first kappa shape index (κ1) is 31.9. The highest BCUT2D eigenvalue weighted by Gasteiger charge is 2.29. The SMILES string of the molecule is CC(C)(C)O.Cc1ncc(-c2ccc(OCCc3ccc(F)cc3)c(F)n2)c(N2CCC(C)(C)CC2)c1CC(=O)O. The van der Waals surface area contributed by atoms with Gasteiger partial charge in [-0.15, -0.1) is 0 Å². The average Bonchev–Trinajstić information content (AvgIpc) is 2.86. The van der Waals surface area contributed by atoms with Gasteiger partial charge >= 0.3 is 5.97 Å². The van der Waals surface area contributed by atoms with E-state index in [1.165, 1.54) is 18.2 Å². The van der Waals surface area contributed by atoms with Gasteiger partial charge in [-0.2, -0.15) is 4.39 Å². The molecule has 1 fully saturated rings. The number of rotatable bonds is 8. The minimum Gasteiger partial charge on any atom is -0.488 e. The number of hydrogen-bond acceptors (Lipinski definition) is 6. The number of aliphatic hydroxyl groups is 1. The number of hydrogen-bond donors (Lipinski definition) is 2. The van der Waals surface area contributed by atoms with Crippen LogP contribution in [-0.2, 0) is 17.6 Å². The lowest BCUT2D eigenvalue weighted by atomic mass is 9.82. The van der Waals surface area contributed by atoms with Crippen molar-refractivity contribution in [3.8, 4) is 17.0 Å². The van der Waals surface area contributed by atoms with Crippen molar-refractivity contribution in [3.63, 3.8) is 0 Å². The molecule has 41 heavy (non-hydrogen) atoms. The second-order valence-corrected chi connectivity index (χ2v) is 12.2. The number of carbonyl (C=O) groups is 1. The summed E-state index contributed by atoms with van der Waals surface area (Å²) in [5, 5.41) is 18.1. The Morgan fingerprint density at radius 3 is 2.24 bits per heavy atom. The molecule has 0 atom stereocenters. The van der Waals surface area contributed by atoms with Crippen molar-refractivity contribution in [2.24, 2.45) is 5.41 Å². The van der Waals surface area contributed by atoms with E-state index in [2.05, 4.69) is 28.7 Å². The lowest BCUT2D eigenvalue weighted by Gasteiger charge is -2.40. The van der Waals surface area contributed by atoms with Crippen LogP contribution < -0.4 is 9.64 Å². The zero-order valence-electron chi connectivity index (χ0n) is 24.8. The van der Waals surface area contributed by atoms with Gasteiger partial charge in [0.05, 0.1) is 30.0 Å². The van der Waals surface area contributed by atoms with E-state index in [0.29, 0.717) is 28.9 Å². The number of pyridine rings is 2. The summed E-state index contributed by atoms with van der Waals surface area (Å²) < 4.78 is 33.6. The van der Waals surface area contributed by atoms with Gasteiger partial charge in [0.15, 0.2) is 5.75 Å². The first-order chi connectivity index (χ1) is 19.1. The fraction of sp³-hybridized carbons (Fsp3) is 0.469. The third kappa shape index (κ3) is 9.78. The molecule has 7 nitrogen and oxygen atoms in total. The van der Waals surface area contributed by atoms with Gasteiger partial charge in [-0.05, 0) is 75.8 Å². The summed E-state index contributed by atoms with van der Waals surface area (Å²) in [6, 6.07) is 9.28. The smallest absolute Gasteiger partial charge is 0.307 e. The predicted octanol–water partition coefficient (Wildman–Crippen LogP) is 6.38. The Morgan fingerprint density at radius 2 is 1.68 bits per heavy atom. The maximum absolute atomic E-state index is 15.0. The molecular weight excluding hydrogens is 528 g/mol. The molecule has 2 N–H and O–H groups in total. The summed E-state index contributed by atoms with van der Waals surface area (Å²) in [6.45, 7) is 13.2. The van der Waals surface area contributed by atoms with Gasteiger partial charge in [0, 0.05) is 42.5 Å². The molecule has 4 rings (SSSR count). The second kappa shape index (κ2) is 13.4. The minimum atomic E-state index is -0.945. The van der Waals surface area contributed by atoms with E-state index in [-0.39, 0.29) is 30.0 Å². The van der Waals surface area contributed by atoms with Crippen molar-refractivity contribution >= 4 is 11.7 Å². The van der Waals surface area contributed by atoms with Crippen LogP contribution in [0.25, 0.3) is 11.3 Å². The van der Waals surface area contributed by atoms with Crippen LogP contribution in [0.3, 0.4) is 0 Å². The predicted molar refractivity (Wildman–Crippen MR) is 156 cm³/mol. The zero-order chi connectivity index (χ0) is 30.4. The number of anilines is 1. The van der Waals surface area contributed by atoms with E-state index < -0.39 is 17.5 Å². The van der Waals surface area contributed by atoms with Gasteiger partial charge in [-0.3, -0.25) is 9.78 Å². The Hall–Kier alpha value is -3.59. The molecule has 1 aliphatic rings. The Labute approximate surface area is 241 Å². The number of aryl methyl sites for hydroxylation is 1. The van der Waals surface area contributed by atoms with Gasteiger partial charge in [-0.25, -0.2) is 9.37 Å². The quantitative estimate of drug-likeness (QED) is 0.304. The molecule has 1 saturated heterocycles. The van der Waals surface area contributed by atoms with Crippen LogP contribution in [0.4, 0.5) is 14.5 Å². The van der Waals surface area contributed by atoms with Gasteiger partial charge in [-0.1, -0.05) is 26.0 Å². The molecule has 222 valence electrons. The van der Waals surface area contributed by atoms with Crippen LogP contribution >= 0.6 is 0 Å². The number of ether oxygens (including phenoxy) is 1. The first-order valence-corrected chi connectivity index (χ1v) is 13.8. The highest BCUT2D eigenvalue weighted by atomic mass is 19.1. The maximum atomic E-state index is 15.0. The molecule has 0 spiro atoms. The standard InChI is InChI=1S/C28H31F2N3O3.C4H10O/c1-18-21(16-25(34)35)26(33-13-11-28(2,3)12-14-33)22(17-31-18)23-8-9-24(27(30)32-23)36-15-10-19-4-6-20(29)7-5-19;1-4(2,3)5/h4-9,17H,10-16H2,1-3H3,(H,34,35);5H,1-3H3.